The molecule has 29 heavy (non-hydrogen) atoms. The molecule has 0 bridgehead atoms. The van der Waals surface area contributed by atoms with E-state index in [0.29, 0.717) is 0 Å². The lowest BCUT2D eigenvalue weighted by molar-refractivity contribution is 0.665. The summed E-state index contributed by atoms with van der Waals surface area (Å²) in [4.78, 5) is 4.71. The Kier molecular flexibility index (Phi) is 2.76. The molecule has 1 N–H and O–H groups in total. The number of fused-ring (bicyclic) bond motifs is 8. The van der Waals surface area contributed by atoms with Gasteiger partial charge in [0.15, 0.2) is 11.9 Å². The lowest BCUT2D eigenvalue weighted by Gasteiger charge is -2.27. The average molecular weight is 375 g/mol. The van der Waals surface area contributed by atoms with Crippen LogP contribution in [0.4, 0.5) is 28.4 Å². The van der Waals surface area contributed by atoms with Gasteiger partial charge < -0.3 is 9.73 Å². The van der Waals surface area contributed by atoms with E-state index in [-0.39, 0.29) is 6.29 Å². The lowest BCUT2D eigenvalue weighted by atomic mass is 10.1. The summed E-state index contributed by atoms with van der Waals surface area (Å²) in [5.74, 6) is 0. The fraction of sp³-hybridized carbons (Fsp3) is 0.0400. The standard InChI is InChI=1S/C25H17N3O/c1-6-15-23-16(8-1)17-9-7-14-22(24(17)29-23)28-21-13-5-4-12-20(21)27-19-11-3-2-10-18(19)26-25(27)28/h1-15,25-26H. The van der Waals surface area contributed by atoms with Gasteiger partial charge in [0, 0.05) is 10.8 Å². The van der Waals surface area contributed by atoms with E-state index in [4.69, 9.17) is 4.42 Å². The Hall–Kier alpha value is -3.92. The maximum absolute atomic E-state index is 6.35. The van der Waals surface area contributed by atoms with Crippen molar-refractivity contribution < 1.29 is 4.42 Å². The van der Waals surface area contributed by atoms with Crippen LogP contribution < -0.4 is 15.1 Å². The number of nitrogens with one attached hydrogen (secondary N) is 1. The topological polar surface area (TPSA) is 31.6 Å². The van der Waals surface area contributed by atoms with Gasteiger partial charge in [-0.3, -0.25) is 9.80 Å². The average Bonchev–Trinajstić information content (AvgIpc) is 3.42. The zero-order valence-corrected chi connectivity index (χ0v) is 15.5. The van der Waals surface area contributed by atoms with Gasteiger partial charge in [-0.25, -0.2) is 0 Å². The highest BCUT2D eigenvalue weighted by molar-refractivity contribution is 6.10. The van der Waals surface area contributed by atoms with Gasteiger partial charge in [0.25, 0.3) is 0 Å². The van der Waals surface area contributed by atoms with Crippen LogP contribution in [0, 0.1) is 0 Å². The molecule has 5 aromatic rings. The zero-order valence-electron chi connectivity index (χ0n) is 15.5. The summed E-state index contributed by atoms with van der Waals surface area (Å²) < 4.78 is 6.35. The van der Waals surface area contributed by atoms with Crippen LogP contribution in [0.1, 0.15) is 0 Å². The summed E-state index contributed by atoms with van der Waals surface area (Å²) in [5.41, 5.74) is 7.62. The van der Waals surface area contributed by atoms with Crippen LogP contribution in [0.2, 0.25) is 0 Å². The third-order valence-corrected chi connectivity index (χ3v) is 5.98. The van der Waals surface area contributed by atoms with Gasteiger partial charge in [0.1, 0.15) is 5.58 Å². The highest BCUT2D eigenvalue weighted by Gasteiger charge is 2.43. The molecule has 7 rings (SSSR count). The van der Waals surface area contributed by atoms with E-state index in [1.165, 1.54) is 17.1 Å². The van der Waals surface area contributed by atoms with Crippen molar-refractivity contribution >= 4 is 50.4 Å². The first-order valence-electron chi connectivity index (χ1n) is 9.83. The first-order chi connectivity index (χ1) is 14.4. The highest BCUT2D eigenvalue weighted by atomic mass is 16.3. The van der Waals surface area contributed by atoms with Gasteiger partial charge in [0.2, 0.25) is 0 Å². The number of para-hydroxylation sites is 6. The van der Waals surface area contributed by atoms with Gasteiger partial charge in [-0.1, -0.05) is 54.6 Å². The van der Waals surface area contributed by atoms with Crippen molar-refractivity contribution in [2.24, 2.45) is 0 Å². The van der Waals surface area contributed by atoms with Gasteiger partial charge in [-0.15, -0.1) is 0 Å². The Morgan fingerprint density at radius 2 is 1.21 bits per heavy atom. The van der Waals surface area contributed by atoms with Gasteiger partial charge in [-0.05, 0) is 36.4 Å². The van der Waals surface area contributed by atoms with Crippen LogP contribution in [0.25, 0.3) is 21.9 Å². The zero-order chi connectivity index (χ0) is 18.9. The fourth-order valence-electron chi connectivity index (χ4n) is 4.77. The Morgan fingerprint density at radius 1 is 0.586 bits per heavy atom. The number of nitrogens with zero attached hydrogens (tertiary/aromatic N) is 2. The molecule has 0 fully saturated rings. The SMILES string of the molecule is c1ccc2c(c1)NC1N2c2ccccc2N1c1cccc2c1oc1ccccc12. The molecule has 2 aliphatic heterocycles. The second-order valence-electron chi connectivity index (χ2n) is 7.52. The Morgan fingerprint density at radius 3 is 2.07 bits per heavy atom. The minimum Gasteiger partial charge on any atom is -0.454 e. The van der Waals surface area contributed by atoms with Crippen LogP contribution in [0.15, 0.2) is 95.4 Å². The van der Waals surface area contributed by atoms with Gasteiger partial charge in [-0.2, -0.15) is 0 Å². The quantitative estimate of drug-likeness (QED) is 0.358. The van der Waals surface area contributed by atoms with Gasteiger partial charge in [0.05, 0.1) is 28.4 Å². The second kappa shape index (κ2) is 5.32. The minimum absolute atomic E-state index is 0.0244. The second-order valence-corrected chi connectivity index (χ2v) is 7.52. The third-order valence-electron chi connectivity index (χ3n) is 5.98. The first-order valence-corrected chi connectivity index (χ1v) is 9.83. The van der Waals surface area contributed by atoms with E-state index in [2.05, 4.69) is 94.0 Å². The monoisotopic (exact) mass is 375 g/mol. The molecule has 4 heteroatoms. The molecule has 0 saturated carbocycles. The van der Waals surface area contributed by atoms with Crippen molar-refractivity contribution in [3.05, 3.63) is 91.0 Å². The molecule has 1 unspecified atom stereocenters. The van der Waals surface area contributed by atoms with Crippen molar-refractivity contribution in [2.75, 3.05) is 15.1 Å². The van der Waals surface area contributed by atoms with Crippen LogP contribution in [-0.4, -0.2) is 6.29 Å². The molecule has 3 heterocycles. The molecule has 4 aromatic carbocycles. The van der Waals surface area contributed by atoms with E-state index in [9.17, 15) is 0 Å². The number of hydrogen-bond acceptors (Lipinski definition) is 4. The largest absolute Gasteiger partial charge is 0.454 e. The third kappa shape index (κ3) is 1.88. The molecular formula is C25H17N3O. The molecule has 4 nitrogen and oxygen atoms in total. The molecule has 0 saturated heterocycles. The lowest BCUT2D eigenvalue weighted by Crippen LogP contribution is -2.40. The van der Waals surface area contributed by atoms with Crippen LogP contribution in [0.5, 0.6) is 0 Å². The van der Waals surface area contributed by atoms with Crippen LogP contribution in [0.3, 0.4) is 0 Å². The summed E-state index contributed by atoms with van der Waals surface area (Å²) in [7, 11) is 0. The van der Waals surface area contributed by atoms with E-state index in [1.807, 2.05) is 12.1 Å². The Labute approximate surface area is 167 Å². The first kappa shape index (κ1) is 15.1. The number of benzene rings is 4. The summed E-state index contributed by atoms with van der Waals surface area (Å²) in [6, 6.07) is 31.7. The van der Waals surface area contributed by atoms with E-state index in [1.54, 1.807) is 0 Å². The Balaban J connectivity index is 1.51. The molecule has 0 aliphatic carbocycles. The fourth-order valence-corrected chi connectivity index (χ4v) is 4.77. The normalized spacial score (nSPS) is 16.8. The maximum Gasteiger partial charge on any atom is 0.187 e. The molecule has 138 valence electrons. The van der Waals surface area contributed by atoms with Crippen LogP contribution in [-0.2, 0) is 0 Å². The number of anilines is 5. The van der Waals surface area contributed by atoms with Crippen molar-refractivity contribution in [2.45, 2.75) is 6.29 Å². The minimum atomic E-state index is -0.0244. The summed E-state index contributed by atoms with van der Waals surface area (Å²) in [6.45, 7) is 0. The number of furan rings is 1. The van der Waals surface area contributed by atoms with E-state index in [0.717, 1.165) is 33.3 Å². The van der Waals surface area contributed by atoms with Crippen LogP contribution >= 0.6 is 0 Å². The molecule has 0 spiro atoms. The van der Waals surface area contributed by atoms with Crippen molar-refractivity contribution in [1.29, 1.82) is 0 Å². The number of rotatable bonds is 1. The Bertz CT molecular complexity index is 1420. The van der Waals surface area contributed by atoms with E-state index >= 15 is 0 Å². The molecule has 0 amide bonds. The van der Waals surface area contributed by atoms with Crippen molar-refractivity contribution in [3.63, 3.8) is 0 Å². The summed E-state index contributed by atoms with van der Waals surface area (Å²) in [6.07, 6.45) is -0.0244. The predicted octanol–water partition coefficient (Wildman–Crippen LogP) is 6.58. The number of hydrogen-bond donors (Lipinski definition) is 1. The molecule has 0 radical (unpaired) electrons. The van der Waals surface area contributed by atoms with Crippen molar-refractivity contribution in [3.8, 4) is 0 Å². The summed E-state index contributed by atoms with van der Waals surface area (Å²) >= 11 is 0. The van der Waals surface area contributed by atoms with Crippen molar-refractivity contribution in [1.82, 2.24) is 0 Å². The maximum atomic E-state index is 6.35. The predicted molar refractivity (Wildman–Crippen MR) is 118 cm³/mol. The van der Waals surface area contributed by atoms with Gasteiger partial charge >= 0.3 is 0 Å². The molecular weight excluding hydrogens is 358 g/mol. The molecule has 2 aliphatic rings. The molecule has 1 aromatic heterocycles. The van der Waals surface area contributed by atoms with E-state index < -0.39 is 0 Å². The molecule has 1 atom stereocenters. The summed E-state index contributed by atoms with van der Waals surface area (Å²) in [5, 5.41) is 5.99. The smallest absolute Gasteiger partial charge is 0.187 e. The highest BCUT2D eigenvalue weighted by Crippen LogP contribution is 2.53.